The molecule has 0 unspecified atom stereocenters. The summed E-state index contributed by atoms with van der Waals surface area (Å²) in [7, 11) is 0. The van der Waals surface area contributed by atoms with E-state index in [1.165, 1.54) is 0 Å². The summed E-state index contributed by atoms with van der Waals surface area (Å²) in [4.78, 5) is 27.9. The minimum Gasteiger partial charge on any atom is -0.294 e. The molecule has 1 N–H and O–H groups in total. The number of nitrogens with zero attached hydrogens (tertiary/aromatic N) is 2. The van der Waals surface area contributed by atoms with E-state index in [2.05, 4.69) is 10.3 Å². The maximum Gasteiger partial charge on any atom is 0.240 e. The van der Waals surface area contributed by atoms with Gasteiger partial charge in [0.05, 0.1) is 13.1 Å². The van der Waals surface area contributed by atoms with Gasteiger partial charge in [-0.1, -0.05) is 6.07 Å². The first kappa shape index (κ1) is 9.79. The molecule has 15 heavy (non-hydrogen) atoms. The quantitative estimate of drug-likeness (QED) is 0.664. The van der Waals surface area contributed by atoms with E-state index in [9.17, 15) is 9.59 Å². The molecule has 1 fully saturated rings. The van der Waals surface area contributed by atoms with Crippen LogP contribution >= 0.6 is 0 Å². The first-order valence-corrected chi connectivity index (χ1v) is 4.68. The Morgan fingerprint density at radius 2 is 2.07 bits per heavy atom. The van der Waals surface area contributed by atoms with Crippen LogP contribution in [0.4, 0.5) is 0 Å². The zero-order valence-corrected chi connectivity index (χ0v) is 8.14. The lowest BCUT2D eigenvalue weighted by Gasteiger charge is -2.24. The fourth-order valence-corrected chi connectivity index (χ4v) is 1.56. The molecule has 0 bridgehead atoms. The van der Waals surface area contributed by atoms with Crippen LogP contribution in [-0.4, -0.2) is 34.8 Å². The average Bonchev–Trinajstić information content (AvgIpc) is 2.17. The second-order valence-electron chi connectivity index (χ2n) is 3.48. The predicted octanol–water partition coefficient (Wildman–Crippen LogP) is -0.460. The van der Waals surface area contributed by atoms with E-state index in [0.29, 0.717) is 6.54 Å². The van der Waals surface area contributed by atoms with Crippen molar-refractivity contribution >= 4 is 11.8 Å². The van der Waals surface area contributed by atoms with Crippen LogP contribution in [0.25, 0.3) is 0 Å². The maximum atomic E-state index is 11.1. The van der Waals surface area contributed by atoms with Gasteiger partial charge in [-0.3, -0.25) is 24.8 Å². The average molecular weight is 205 g/mol. The van der Waals surface area contributed by atoms with Crippen molar-refractivity contribution in [3.05, 3.63) is 30.1 Å². The largest absolute Gasteiger partial charge is 0.294 e. The minimum absolute atomic E-state index is 0.241. The minimum atomic E-state index is -0.241. The lowest BCUT2D eigenvalue weighted by molar-refractivity contribution is -0.136. The van der Waals surface area contributed by atoms with Crippen molar-refractivity contribution in [1.82, 2.24) is 15.2 Å². The van der Waals surface area contributed by atoms with Gasteiger partial charge in [-0.2, -0.15) is 0 Å². The first-order valence-electron chi connectivity index (χ1n) is 4.68. The Hall–Kier alpha value is -1.75. The van der Waals surface area contributed by atoms with Crippen LogP contribution in [0.1, 0.15) is 5.56 Å². The number of hydrogen-bond donors (Lipinski definition) is 1. The van der Waals surface area contributed by atoms with E-state index in [0.717, 1.165) is 5.56 Å². The summed E-state index contributed by atoms with van der Waals surface area (Å²) in [5, 5.41) is 2.26. The zero-order valence-electron chi connectivity index (χ0n) is 8.14. The van der Waals surface area contributed by atoms with Gasteiger partial charge in [0.1, 0.15) is 0 Å². The molecule has 78 valence electrons. The lowest BCUT2D eigenvalue weighted by Crippen LogP contribution is -2.50. The molecule has 5 nitrogen and oxygen atoms in total. The molecule has 2 heterocycles. The summed E-state index contributed by atoms with van der Waals surface area (Å²) in [6.07, 6.45) is 3.43. The highest BCUT2D eigenvalue weighted by Crippen LogP contribution is 2.04. The van der Waals surface area contributed by atoms with Crippen molar-refractivity contribution < 1.29 is 9.59 Å². The van der Waals surface area contributed by atoms with Crippen LogP contribution in [0, 0.1) is 0 Å². The molecule has 5 heteroatoms. The third kappa shape index (κ3) is 2.60. The van der Waals surface area contributed by atoms with Crippen LogP contribution in [0.15, 0.2) is 24.5 Å². The zero-order chi connectivity index (χ0) is 10.7. The number of carbonyl (C=O) groups excluding carboxylic acids is 2. The van der Waals surface area contributed by atoms with E-state index in [1.54, 1.807) is 17.3 Å². The molecule has 0 spiro atoms. The normalized spacial score (nSPS) is 17.6. The van der Waals surface area contributed by atoms with Gasteiger partial charge >= 0.3 is 0 Å². The van der Waals surface area contributed by atoms with Crippen molar-refractivity contribution in [1.29, 1.82) is 0 Å². The number of carbonyl (C=O) groups is 2. The Bertz CT molecular complexity index is 362. The molecule has 1 saturated heterocycles. The van der Waals surface area contributed by atoms with Gasteiger partial charge < -0.3 is 0 Å². The second kappa shape index (κ2) is 4.18. The van der Waals surface area contributed by atoms with Crippen molar-refractivity contribution in [3.63, 3.8) is 0 Å². The molecule has 1 aromatic heterocycles. The number of rotatable bonds is 2. The molecule has 0 atom stereocenters. The van der Waals surface area contributed by atoms with Crippen molar-refractivity contribution in [2.24, 2.45) is 0 Å². The molecule has 2 amide bonds. The highest BCUT2D eigenvalue weighted by Gasteiger charge is 2.21. The number of hydrogen-bond acceptors (Lipinski definition) is 4. The molecule has 0 aromatic carbocycles. The van der Waals surface area contributed by atoms with Gasteiger partial charge in [0.2, 0.25) is 11.8 Å². The third-order valence-electron chi connectivity index (χ3n) is 2.14. The molecule has 1 aliphatic rings. The van der Waals surface area contributed by atoms with Gasteiger partial charge in [0.25, 0.3) is 0 Å². The first-order chi connectivity index (χ1) is 7.24. The van der Waals surface area contributed by atoms with E-state index in [4.69, 9.17) is 0 Å². The molecule has 0 radical (unpaired) electrons. The summed E-state index contributed by atoms with van der Waals surface area (Å²) in [5.41, 5.74) is 1.00. The Labute approximate surface area is 87.1 Å². The van der Waals surface area contributed by atoms with Crippen LogP contribution in [0.3, 0.4) is 0 Å². The number of nitrogens with one attached hydrogen (secondary N) is 1. The van der Waals surface area contributed by atoms with Crippen LogP contribution in [0.5, 0.6) is 0 Å². The molecular formula is C10H11N3O2. The lowest BCUT2D eigenvalue weighted by atomic mass is 10.2. The fraction of sp³-hybridized carbons (Fsp3) is 0.300. The van der Waals surface area contributed by atoms with E-state index < -0.39 is 0 Å². The Balaban J connectivity index is 2.00. The second-order valence-corrected chi connectivity index (χ2v) is 3.48. The van der Waals surface area contributed by atoms with Gasteiger partial charge in [0, 0.05) is 18.9 Å². The van der Waals surface area contributed by atoms with Gasteiger partial charge in [-0.15, -0.1) is 0 Å². The van der Waals surface area contributed by atoms with E-state index in [-0.39, 0.29) is 24.9 Å². The fourth-order valence-electron chi connectivity index (χ4n) is 1.56. The SMILES string of the molecule is O=C1CN(Cc2cccnc2)CC(=O)N1. The van der Waals surface area contributed by atoms with E-state index in [1.807, 2.05) is 12.1 Å². The Kier molecular flexibility index (Phi) is 2.73. The molecule has 0 saturated carbocycles. The highest BCUT2D eigenvalue weighted by molar-refractivity contribution is 5.99. The smallest absolute Gasteiger partial charge is 0.240 e. The molecular weight excluding hydrogens is 194 g/mol. The molecule has 2 rings (SSSR count). The summed E-state index contributed by atoms with van der Waals surface area (Å²) < 4.78 is 0. The summed E-state index contributed by atoms with van der Waals surface area (Å²) in [6.45, 7) is 1.11. The maximum absolute atomic E-state index is 11.1. The summed E-state index contributed by atoms with van der Waals surface area (Å²) in [5.74, 6) is -0.481. The van der Waals surface area contributed by atoms with Crippen LogP contribution in [0.2, 0.25) is 0 Å². The van der Waals surface area contributed by atoms with Crippen molar-refractivity contribution in [2.75, 3.05) is 13.1 Å². The molecule has 1 aromatic rings. The van der Waals surface area contributed by atoms with Crippen molar-refractivity contribution in [2.45, 2.75) is 6.54 Å². The van der Waals surface area contributed by atoms with Crippen molar-refractivity contribution in [3.8, 4) is 0 Å². The Morgan fingerprint density at radius 1 is 1.33 bits per heavy atom. The Morgan fingerprint density at radius 3 is 2.67 bits per heavy atom. The number of amides is 2. The summed E-state index contributed by atoms with van der Waals surface area (Å²) in [6, 6.07) is 3.76. The molecule has 0 aliphatic carbocycles. The van der Waals surface area contributed by atoms with Gasteiger partial charge in [-0.05, 0) is 11.6 Å². The predicted molar refractivity (Wildman–Crippen MR) is 52.7 cm³/mol. The number of aromatic nitrogens is 1. The third-order valence-corrected chi connectivity index (χ3v) is 2.14. The number of imide groups is 1. The molecule has 1 aliphatic heterocycles. The number of pyridine rings is 1. The van der Waals surface area contributed by atoms with Gasteiger partial charge in [-0.25, -0.2) is 0 Å². The van der Waals surface area contributed by atoms with Crippen LogP contribution in [-0.2, 0) is 16.1 Å². The van der Waals surface area contributed by atoms with E-state index >= 15 is 0 Å². The standard InChI is InChI=1S/C10H11N3O2/c14-9-6-13(7-10(15)12-9)5-8-2-1-3-11-4-8/h1-4H,5-7H2,(H,12,14,15). The monoisotopic (exact) mass is 205 g/mol. The van der Waals surface area contributed by atoms with Gasteiger partial charge in [0.15, 0.2) is 0 Å². The highest BCUT2D eigenvalue weighted by atomic mass is 16.2. The number of piperazine rings is 1. The summed E-state index contributed by atoms with van der Waals surface area (Å²) >= 11 is 0. The topological polar surface area (TPSA) is 62.3 Å². The van der Waals surface area contributed by atoms with Crippen LogP contribution < -0.4 is 5.32 Å².